The smallest absolute Gasteiger partial charge is 0.353 e. The Kier molecular flexibility index (Phi) is 3.95. The molecule has 0 aliphatic rings. The summed E-state index contributed by atoms with van der Waals surface area (Å²) in [6.45, 7) is 0. The molecule has 0 fully saturated rings. The van der Waals surface area contributed by atoms with Crippen LogP contribution in [0.1, 0.15) is 15.9 Å². The molecule has 23 heavy (non-hydrogen) atoms. The Morgan fingerprint density at radius 1 is 1.04 bits per heavy atom. The highest BCUT2D eigenvalue weighted by Crippen LogP contribution is 2.19. The summed E-state index contributed by atoms with van der Waals surface area (Å²) in [7, 11) is 0. The lowest BCUT2D eigenvalue weighted by molar-refractivity contribution is 0.103. The number of nitrogen functional groups attached to an aromatic ring is 1. The fourth-order valence-electron chi connectivity index (χ4n) is 2.23. The largest absolute Gasteiger partial charge is 0.384 e. The lowest BCUT2D eigenvalue weighted by Gasteiger charge is -2.12. The Labute approximate surface area is 137 Å². The Hall–Kier alpha value is -2.92. The monoisotopic (exact) mass is 325 g/mol. The molecule has 1 heterocycles. The van der Waals surface area contributed by atoms with Crippen molar-refractivity contribution < 1.29 is 4.79 Å². The van der Waals surface area contributed by atoms with Gasteiger partial charge in [-0.05, 0) is 36.4 Å². The van der Waals surface area contributed by atoms with Crippen molar-refractivity contribution in [2.45, 2.75) is 0 Å². The topological polar surface area (TPSA) is 78.0 Å². The Bertz CT molecular complexity index is 919. The van der Waals surface area contributed by atoms with Crippen molar-refractivity contribution in [2.24, 2.45) is 0 Å². The molecular formula is C17H12ClN3O2. The Morgan fingerprint density at radius 3 is 2.35 bits per heavy atom. The zero-order chi connectivity index (χ0) is 16.4. The molecular weight excluding hydrogens is 314 g/mol. The van der Waals surface area contributed by atoms with Gasteiger partial charge in [0.25, 0.3) is 0 Å². The number of halogens is 1. The van der Waals surface area contributed by atoms with E-state index in [2.05, 4.69) is 4.98 Å². The molecule has 114 valence electrons. The van der Waals surface area contributed by atoms with E-state index in [0.29, 0.717) is 16.3 Å². The van der Waals surface area contributed by atoms with Gasteiger partial charge >= 0.3 is 5.69 Å². The molecule has 5 nitrogen and oxygen atoms in total. The summed E-state index contributed by atoms with van der Waals surface area (Å²) in [6, 6.07) is 15.2. The van der Waals surface area contributed by atoms with Gasteiger partial charge in [0.05, 0.1) is 11.3 Å². The standard InChI is InChI=1S/C17H12ClN3O2/c18-12-8-6-11(7-9-12)15(22)14-10-20-17(23)21(16(14)19)13-4-2-1-3-5-13/h1-10H,19H2. The zero-order valence-electron chi connectivity index (χ0n) is 11.9. The third-order valence-corrected chi connectivity index (χ3v) is 3.63. The third-order valence-electron chi connectivity index (χ3n) is 3.38. The van der Waals surface area contributed by atoms with E-state index in [1.54, 1.807) is 48.5 Å². The van der Waals surface area contributed by atoms with Crippen LogP contribution >= 0.6 is 11.6 Å². The highest BCUT2D eigenvalue weighted by molar-refractivity contribution is 6.30. The minimum Gasteiger partial charge on any atom is -0.384 e. The van der Waals surface area contributed by atoms with E-state index in [1.807, 2.05) is 6.07 Å². The number of aromatic nitrogens is 2. The fourth-order valence-corrected chi connectivity index (χ4v) is 2.35. The SMILES string of the molecule is Nc1c(C(=O)c2ccc(Cl)cc2)cnc(=O)n1-c1ccccc1. The number of hydrogen-bond donors (Lipinski definition) is 1. The molecule has 0 spiro atoms. The van der Waals surface area contributed by atoms with Crippen LogP contribution in [-0.4, -0.2) is 15.3 Å². The minimum atomic E-state index is -0.540. The summed E-state index contributed by atoms with van der Waals surface area (Å²) < 4.78 is 1.21. The van der Waals surface area contributed by atoms with Gasteiger partial charge in [-0.1, -0.05) is 29.8 Å². The second-order valence-corrected chi connectivity index (χ2v) is 5.28. The van der Waals surface area contributed by atoms with E-state index < -0.39 is 5.69 Å². The van der Waals surface area contributed by atoms with Gasteiger partial charge in [0.1, 0.15) is 5.82 Å². The van der Waals surface area contributed by atoms with E-state index in [4.69, 9.17) is 17.3 Å². The van der Waals surface area contributed by atoms with Gasteiger partial charge in [0, 0.05) is 16.8 Å². The van der Waals surface area contributed by atoms with Crippen molar-refractivity contribution in [1.82, 2.24) is 9.55 Å². The molecule has 6 heteroatoms. The molecule has 0 saturated heterocycles. The van der Waals surface area contributed by atoms with Gasteiger partial charge in [0.2, 0.25) is 0 Å². The highest BCUT2D eigenvalue weighted by atomic mass is 35.5. The number of carbonyl (C=O) groups is 1. The van der Waals surface area contributed by atoms with Crippen LogP contribution in [-0.2, 0) is 0 Å². The molecule has 2 aromatic carbocycles. The molecule has 3 rings (SSSR count). The highest BCUT2D eigenvalue weighted by Gasteiger charge is 2.17. The van der Waals surface area contributed by atoms with Crippen LogP contribution in [0.25, 0.3) is 5.69 Å². The maximum Gasteiger partial charge on any atom is 0.353 e. The molecule has 0 atom stereocenters. The summed E-state index contributed by atoms with van der Waals surface area (Å²) in [5, 5.41) is 0.530. The Balaban J connectivity index is 2.13. The van der Waals surface area contributed by atoms with Gasteiger partial charge in [-0.25, -0.2) is 14.3 Å². The lowest BCUT2D eigenvalue weighted by Crippen LogP contribution is -2.26. The van der Waals surface area contributed by atoms with Crippen molar-refractivity contribution >= 4 is 23.2 Å². The van der Waals surface area contributed by atoms with E-state index in [0.717, 1.165) is 0 Å². The molecule has 0 bridgehead atoms. The fraction of sp³-hybridized carbons (Fsp3) is 0. The van der Waals surface area contributed by atoms with E-state index in [9.17, 15) is 9.59 Å². The van der Waals surface area contributed by atoms with Gasteiger partial charge in [0.15, 0.2) is 5.78 Å². The third kappa shape index (κ3) is 2.86. The van der Waals surface area contributed by atoms with Crippen LogP contribution in [0.15, 0.2) is 65.6 Å². The van der Waals surface area contributed by atoms with Gasteiger partial charge < -0.3 is 5.73 Å². The number of anilines is 1. The lowest BCUT2D eigenvalue weighted by atomic mass is 10.1. The molecule has 1 aromatic heterocycles. The average molecular weight is 326 g/mol. The number of hydrogen-bond acceptors (Lipinski definition) is 4. The van der Waals surface area contributed by atoms with E-state index in [1.165, 1.54) is 10.8 Å². The quantitative estimate of drug-likeness (QED) is 0.751. The number of carbonyl (C=O) groups excluding carboxylic acids is 1. The van der Waals surface area contributed by atoms with E-state index in [-0.39, 0.29) is 17.2 Å². The summed E-state index contributed by atoms with van der Waals surface area (Å²) in [5.74, 6) is -0.271. The number of ketones is 1. The van der Waals surface area contributed by atoms with Crippen molar-refractivity contribution in [2.75, 3.05) is 5.73 Å². The van der Waals surface area contributed by atoms with Crippen molar-refractivity contribution in [3.05, 3.63) is 87.4 Å². The normalized spacial score (nSPS) is 10.5. The van der Waals surface area contributed by atoms with Crippen molar-refractivity contribution in [3.63, 3.8) is 0 Å². The van der Waals surface area contributed by atoms with Crippen LogP contribution in [0.4, 0.5) is 5.82 Å². The van der Waals surface area contributed by atoms with E-state index >= 15 is 0 Å². The van der Waals surface area contributed by atoms with Gasteiger partial charge in [-0.3, -0.25) is 4.79 Å². The molecule has 0 aliphatic heterocycles. The van der Waals surface area contributed by atoms with Crippen molar-refractivity contribution in [3.8, 4) is 5.69 Å². The number of rotatable bonds is 3. The summed E-state index contributed by atoms with van der Waals surface area (Å²) in [5.41, 5.74) is 6.65. The summed E-state index contributed by atoms with van der Waals surface area (Å²) >= 11 is 5.83. The maximum absolute atomic E-state index is 12.6. The number of para-hydroxylation sites is 1. The first-order valence-electron chi connectivity index (χ1n) is 6.81. The Morgan fingerprint density at radius 2 is 1.70 bits per heavy atom. The molecule has 3 aromatic rings. The summed E-state index contributed by atoms with van der Waals surface area (Å²) in [6.07, 6.45) is 1.20. The minimum absolute atomic E-state index is 0.0520. The second kappa shape index (κ2) is 6.06. The van der Waals surface area contributed by atoms with Crippen LogP contribution < -0.4 is 11.4 Å². The molecule has 0 amide bonds. The molecule has 0 aliphatic carbocycles. The first kappa shape index (κ1) is 15.0. The van der Waals surface area contributed by atoms with Crippen molar-refractivity contribution in [1.29, 1.82) is 0 Å². The maximum atomic E-state index is 12.6. The second-order valence-electron chi connectivity index (χ2n) is 4.85. The predicted octanol–water partition coefficient (Wildman–Crippen LogP) is 2.70. The first-order chi connectivity index (χ1) is 11.1. The van der Waals surface area contributed by atoms with Gasteiger partial charge in [-0.2, -0.15) is 0 Å². The van der Waals surface area contributed by atoms with Crippen LogP contribution in [0.3, 0.4) is 0 Å². The first-order valence-corrected chi connectivity index (χ1v) is 7.19. The molecule has 2 N–H and O–H groups in total. The molecule has 0 unspecified atom stereocenters. The average Bonchev–Trinajstić information content (AvgIpc) is 2.56. The number of nitrogens with two attached hydrogens (primary N) is 1. The number of benzene rings is 2. The molecule has 0 saturated carbocycles. The van der Waals surface area contributed by atoms with Gasteiger partial charge in [-0.15, -0.1) is 0 Å². The zero-order valence-corrected chi connectivity index (χ0v) is 12.7. The molecule has 0 radical (unpaired) electrons. The predicted molar refractivity (Wildman–Crippen MR) is 89.1 cm³/mol. The number of nitrogens with zero attached hydrogens (tertiary/aromatic N) is 2. The van der Waals surface area contributed by atoms with Crippen LogP contribution in [0.2, 0.25) is 5.02 Å². The van der Waals surface area contributed by atoms with Crippen LogP contribution in [0, 0.1) is 0 Å². The van der Waals surface area contributed by atoms with Crippen LogP contribution in [0.5, 0.6) is 0 Å². The summed E-state index contributed by atoms with van der Waals surface area (Å²) in [4.78, 5) is 28.4.